The molecule has 3 N–H and O–H groups in total. The molecule has 0 saturated carbocycles. The summed E-state index contributed by atoms with van der Waals surface area (Å²) >= 11 is 0. The van der Waals surface area contributed by atoms with Gasteiger partial charge in [-0.3, -0.25) is 4.79 Å². The van der Waals surface area contributed by atoms with Gasteiger partial charge in [0, 0.05) is 6.92 Å². The number of amides is 1. The van der Waals surface area contributed by atoms with E-state index in [9.17, 15) is 4.79 Å². The van der Waals surface area contributed by atoms with Gasteiger partial charge in [0.1, 0.15) is 0 Å². The zero-order valence-corrected chi connectivity index (χ0v) is 6.39. The minimum absolute atomic E-state index is 0.0975. The summed E-state index contributed by atoms with van der Waals surface area (Å²) in [5.41, 5.74) is 0. The summed E-state index contributed by atoms with van der Waals surface area (Å²) in [6.07, 6.45) is 2.38. The first-order valence-electron chi connectivity index (χ1n) is 3.88. The number of hydrogen-bond donors (Lipinski definition) is 2. The van der Waals surface area contributed by atoms with Gasteiger partial charge >= 0.3 is 0 Å². The van der Waals surface area contributed by atoms with Crippen molar-refractivity contribution < 1.29 is 10.1 Å². The molecule has 0 bridgehead atoms. The molecule has 1 heterocycles. The molecule has 1 rings (SSSR count). The first kappa shape index (κ1) is 7.54. The number of carbonyl (C=O) groups excluding carboxylic acids is 1. The summed E-state index contributed by atoms with van der Waals surface area (Å²) in [6, 6.07) is 0.422. The fraction of sp³-hybridized carbons (Fsp3) is 0.857. The highest BCUT2D eigenvalue weighted by Gasteiger charge is 2.15. The lowest BCUT2D eigenvalue weighted by Crippen LogP contribution is -2.89. The average Bonchev–Trinajstić information content (AvgIpc) is 1.88. The van der Waals surface area contributed by atoms with Gasteiger partial charge in [-0.2, -0.15) is 0 Å². The maximum Gasteiger partial charge on any atom is 0.217 e. The molecule has 1 aliphatic heterocycles. The zero-order valence-electron chi connectivity index (χ0n) is 6.39. The molecule has 0 aliphatic carbocycles. The lowest BCUT2D eigenvalue weighted by molar-refractivity contribution is -0.664. The van der Waals surface area contributed by atoms with Crippen molar-refractivity contribution in [1.29, 1.82) is 0 Å². The Morgan fingerprint density at radius 2 is 2.50 bits per heavy atom. The third-order valence-corrected chi connectivity index (χ3v) is 1.82. The van der Waals surface area contributed by atoms with Crippen LogP contribution >= 0.6 is 0 Å². The Hall–Kier alpha value is -0.570. The summed E-state index contributed by atoms with van der Waals surface area (Å²) in [7, 11) is 0. The predicted molar refractivity (Wildman–Crippen MR) is 38.5 cm³/mol. The topological polar surface area (TPSA) is 45.7 Å². The van der Waals surface area contributed by atoms with Gasteiger partial charge in [0.2, 0.25) is 5.91 Å². The lowest BCUT2D eigenvalue weighted by Gasteiger charge is -2.20. The van der Waals surface area contributed by atoms with Crippen molar-refractivity contribution in [3.63, 3.8) is 0 Å². The van der Waals surface area contributed by atoms with Crippen molar-refractivity contribution in [3.8, 4) is 0 Å². The molecule has 1 fully saturated rings. The van der Waals surface area contributed by atoms with E-state index in [-0.39, 0.29) is 5.91 Å². The second-order valence-electron chi connectivity index (χ2n) is 2.85. The van der Waals surface area contributed by atoms with Crippen molar-refractivity contribution >= 4 is 5.91 Å². The molecule has 58 valence electrons. The van der Waals surface area contributed by atoms with Crippen LogP contribution in [0.4, 0.5) is 0 Å². The number of carbonyl (C=O) groups is 1. The van der Waals surface area contributed by atoms with Crippen molar-refractivity contribution in [3.05, 3.63) is 0 Å². The summed E-state index contributed by atoms with van der Waals surface area (Å²) < 4.78 is 0. The molecule has 0 radical (unpaired) electrons. The van der Waals surface area contributed by atoms with Gasteiger partial charge in [-0.05, 0) is 12.8 Å². The van der Waals surface area contributed by atoms with Crippen LogP contribution in [0, 0.1) is 0 Å². The van der Waals surface area contributed by atoms with E-state index in [4.69, 9.17) is 0 Å². The number of quaternary nitrogens is 1. The van der Waals surface area contributed by atoms with E-state index in [1.54, 1.807) is 6.92 Å². The van der Waals surface area contributed by atoms with Crippen LogP contribution in [0.25, 0.3) is 0 Å². The highest BCUT2D eigenvalue weighted by molar-refractivity contribution is 5.73. The molecule has 1 amide bonds. The van der Waals surface area contributed by atoms with Crippen LogP contribution in [-0.2, 0) is 4.79 Å². The molecule has 0 aromatic rings. The van der Waals surface area contributed by atoms with Crippen LogP contribution in [0.1, 0.15) is 19.8 Å². The quantitative estimate of drug-likeness (QED) is 0.478. The molecule has 0 aromatic carbocycles. The molecule has 10 heavy (non-hydrogen) atoms. The Balaban J connectivity index is 2.19. The summed E-state index contributed by atoms with van der Waals surface area (Å²) in [5.74, 6) is 0.0975. The Kier molecular flexibility index (Phi) is 2.68. The molecular weight excluding hydrogens is 128 g/mol. The maximum atomic E-state index is 10.6. The number of hydrogen-bond acceptors (Lipinski definition) is 1. The fourth-order valence-electron chi connectivity index (χ4n) is 1.36. The zero-order chi connectivity index (χ0) is 7.40. The van der Waals surface area contributed by atoms with E-state index in [0.717, 1.165) is 13.0 Å². The van der Waals surface area contributed by atoms with Crippen LogP contribution < -0.4 is 10.6 Å². The van der Waals surface area contributed by atoms with Crippen LogP contribution in [0.3, 0.4) is 0 Å². The van der Waals surface area contributed by atoms with E-state index in [1.165, 1.54) is 13.0 Å². The Bertz CT molecular complexity index is 119. The summed E-state index contributed by atoms with van der Waals surface area (Å²) in [6.45, 7) is 3.85. The van der Waals surface area contributed by atoms with Crippen LogP contribution in [0.15, 0.2) is 0 Å². The van der Waals surface area contributed by atoms with Gasteiger partial charge in [0.15, 0.2) is 0 Å². The Morgan fingerprint density at radius 3 is 3.00 bits per heavy atom. The molecule has 3 heteroatoms. The third-order valence-electron chi connectivity index (χ3n) is 1.82. The highest BCUT2D eigenvalue weighted by Crippen LogP contribution is 1.95. The fourth-order valence-corrected chi connectivity index (χ4v) is 1.36. The smallest absolute Gasteiger partial charge is 0.217 e. The molecule has 1 atom stereocenters. The number of nitrogens with one attached hydrogen (secondary N) is 1. The molecular formula is C7H15N2O+. The summed E-state index contributed by atoms with van der Waals surface area (Å²) in [4.78, 5) is 10.6. The van der Waals surface area contributed by atoms with Crippen LogP contribution in [0.5, 0.6) is 0 Å². The van der Waals surface area contributed by atoms with Gasteiger partial charge in [0.25, 0.3) is 0 Å². The van der Waals surface area contributed by atoms with Crippen LogP contribution in [-0.4, -0.2) is 25.0 Å². The molecule has 3 nitrogen and oxygen atoms in total. The summed E-state index contributed by atoms with van der Waals surface area (Å²) in [5, 5.41) is 5.17. The van der Waals surface area contributed by atoms with Gasteiger partial charge in [-0.25, -0.2) is 0 Å². The van der Waals surface area contributed by atoms with E-state index < -0.39 is 0 Å². The van der Waals surface area contributed by atoms with E-state index in [1.807, 2.05) is 0 Å². The predicted octanol–water partition coefficient (Wildman–Crippen LogP) is -1.15. The normalized spacial score (nSPS) is 25.9. The molecule has 1 aliphatic rings. The molecule has 1 saturated heterocycles. The molecule has 0 aromatic heterocycles. The minimum atomic E-state index is 0.0975. The van der Waals surface area contributed by atoms with Gasteiger partial charge in [-0.1, -0.05) is 0 Å². The van der Waals surface area contributed by atoms with Crippen molar-refractivity contribution in [2.45, 2.75) is 25.8 Å². The van der Waals surface area contributed by atoms with Gasteiger partial charge in [-0.15, -0.1) is 0 Å². The first-order chi connectivity index (χ1) is 4.79. The number of piperidine rings is 1. The van der Waals surface area contributed by atoms with Crippen molar-refractivity contribution in [2.75, 3.05) is 13.1 Å². The third kappa shape index (κ3) is 2.35. The van der Waals surface area contributed by atoms with E-state index in [2.05, 4.69) is 10.6 Å². The highest BCUT2D eigenvalue weighted by atomic mass is 16.1. The van der Waals surface area contributed by atoms with Gasteiger partial charge < -0.3 is 10.6 Å². The second kappa shape index (κ2) is 3.56. The molecule has 1 unspecified atom stereocenters. The standard InChI is InChI=1S/C7H14N2O/c1-6(10)9-7-3-2-4-8-5-7/h7-8H,2-5H2,1H3,(H,9,10)/p+1. The lowest BCUT2D eigenvalue weighted by atomic mass is 10.1. The Morgan fingerprint density at radius 1 is 1.70 bits per heavy atom. The first-order valence-corrected chi connectivity index (χ1v) is 3.88. The van der Waals surface area contributed by atoms with E-state index in [0.29, 0.717) is 6.04 Å². The van der Waals surface area contributed by atoms with Crippen molar-refractivity contribution in [1.82, 2.24) is 5.32 Å². The number of nitrogens with two attached hydrogens (primary N) is 1. The second-order valence-corrected chi connectivity index (χ2v) is 2.85. The molecule has 0 spiro atoms. The SMILES string of the molecule is CC(=O)NC1CCC[NH2+]C1. The van der Waals surface area contributed by atoms with Crippen molar-refractivity contribution in [2.24, 2.45) is 0 Å². The minimum Gasteiger partial charge on any atom is -0.348 e. The monoisotopic (exact) mass is 143 g/mol. The number of rotatable bonds is 1. The van der Waals surface area contributed by atoms with Gasteiger partial charge in [0.05, 0.1) is 19.1 Å². The Labute approximate surface area is 61.2 Å². The largest absolute Gasteiger partial charge is 0.348 e. The van der Waals surface area contributed by atoms with E-state index >= 15 is 0 Å². The average molecular weight is 143 g/mol. The van der Waals surface area contributed by atoms with Crippen LogP contribution in [0.2, 0.25) is 0 Å². The maximum absolute atomic E-state index is 10.6.